The molecular weight excluding hydrogens is 691 g/mol. The van der Waals surface area contributed by atoms with E-state index < -0.39 is 50.0 Å². The van der Waals surface area contributed by atoms with Crippen molar-refractivity contribution in [1.82, 2.24) is 20.3 Å². The summed E-state index contributed by atoms with van der Waals surface area (Å²) in [7, 11) is -3.19. The second-order valence-electron chi connectivity index (χ2n) is 12.5. The minimum Gasteiger partial charge on any atom is -0.480 e. The van der Waals surface area contributed by atoms with Crippen molar-refractivity contribution < 1.29 is 47.7 Å². The quantitative estimate of drug-likeness (QED) is 0.0529. The average molecular weight is 735 g/mol. The molecule has 1 aromatic heterocycles. The number of rotatable bonds is 18. The molecule has 0 saturated heterocycles. The van der Waals surface area contributed by atoms with Crippen LogP contribution in [-0.4, -0.2) is 56.8 Å². The second-order valence-corrected chi connectivity index (χ2v) is 14.0. The fourth-order valence-electron chi connectivity index (χ4n) is 5.08. The topological polar surface area (TPSA) is 195 Å². The van der Waals surface area contributed by atoms with Crippen LogP contribution < -0.4 is 15.7 Å². The molecule has 0 aliphatic heterocycles. The van der Waals surface area contributed by atoms with Gasteiger partial charge in [-0.2, -0.15) is 0 Å². The highest BCUT2D eigenvalue weighted by Gasteiger charge is 2.37. The molecule has 276 valence electrons. The summed E-state index contributed by atoms with van der Waals surface area (Å²) in [5.41, 5.74) is 3.80. The highest BCUT2D eigenvalue weighted by Crippen LogP contribution is 2.40. The first kappa shape index (κ1) is 39.5. The number of carboxylic acids is 1. The number of amides is 2. The lowest BCUT2D eigenvalue weighted by Gasteiger charge is -2.26. The first-order valence-electron chi connectivity index (χ1n) is 16.5. The van der Waals surface area contributed by atoms with Gasteiger partial charge >= 0.3 is 25.8 Å². The smallest absolute Gasteiger partial charge is 0.409 e. The van der Waals surface area contributed by atoms with Crippen molar-refractivity contribution in [3.8, 4) is 11.1 Å². The van der Waals surface area contributed by atoms with Crippen LogP contribution in [0, 0.1) is 5.92 Å². The summed E-state index contributed by atoms with van der Waals surface area (Å²) >= 11 is 0. The van der Waals surface area contributed by atoms with Crippen molar-refractivity contribution in [2.75, 3.05) is 0 Å². The normalized spacial score (nSPS) is 14.0. The first-order valence-corrected chi connectivity index (χ1v) is 18.1. The number of benzene rings is 3. The third-order valence-electron chi connectivity index (χ3n) is 7.66. The van der Waals surface area contributed by atoms with E-state index in [1.807, 2.05) is 42.2 Å². The van der Waals surface area contributed by atoms with Crippen LogP contribution in [0.4, 0.5) is 4.79 Å². The van der Waals surface area contributed by atoms with Gasteiger partial charge in [-0.15, -0.1) is 0 Å². The van der Waals surface area contributed by atoms with Gasteiger partial charge in [-0.25, -0.2) is 24.0 Å². The molecule has 5 N–H and O–H groups in total. The van der Waals surface area contributed by atoms with Crippen molar-refractivity contribution in [2.24, 2.45) is 13.0 Å². The standard InChI is InChI=1S/C37H43N4O10P/c1-25(2)20-31(33(42)38-32(35(43)44)21-26-14-16-29(17-15-26)30-18-19-41(3)22-30)40-52(47,48)51-34(36(45)49-23-27-10-6-4-7-11-27)39-37(46)50-24-28-12-8-5-9-13-28/h4-19,22,25,31-32,34H,20-21,23-24H2,1-3H3,(H,38,42)(H,39,46)(H,43,44)(H2,40,47,48)/t31-,32-,34?/m0/s1. The highest BCUT2D eigenvalue weighted by atomic mass is 31.2. The molecule has 14 nitrogen and oxygen atoms in total. The lowest BCUT2D eigenvalue weighted by molar-refractivity contribution is -0.155. The van der Waals surface area contributed by atoms with Crippen LogP contribution in [0.15, 0.2) is 103 Å². The molecule has 52 heavy (non-hydrogen) atoms. The van der Waals surface area contributed by atoms with Gasteiger partial charge in [0.1, 0.15) is 19.3 Å². The van der Waals surface area contributed by atoms with Gasteiger partial charge in [0.25, 0.3) is 0 Å². The Morgan fingerprint density at radius 2 is 1.37 bits per heavy atom. The highest BCUT2D eigenvalue weighted by molar-refractivity contribution is 7.50. The van der Waals surface area contributed by atoms with Gasteiger partial charge in [-0.05, 0) is 46.2 Å². The van der Waals surface area contributed by atoms with Crippen molar-refractivity contribution in [3.63, 3.8) is 0 Å². The molecule has 4 atom stereocenters. The van der Waals surface area contributed by atoms with E-state index in [2.05, 4.69) is 15.7 Å². The predicted octanol–water partition coefficient (Wildman–Crippen LogP) is 4.92. The lowest BCUT2D eigenvalue weighted by Crippen LogP contribution is -2.51. The molecule has 0 fully saturated rings. The van der Waals surface area contributed by atoms with Gasteiger partial charge in [0.05, 0.1) is 6.04 Å². The molecule has 4 aromatic rings. The molecule has 0 aliphatic carbocycles. The van der Waals surface area contributed by atoms with E-state index in [0.717, 1.165) is 11.1 Å². The second kappa shape index (κ2) is 18.8. The maximum atomic E-state index is 13.5. The predicted molar refractivity (Wildman–Crippen MR) is 191 cm³/mol. The third-order valence-corrected chi connectivity index (χ3v) is 8.80. The number of nitrogens with one attached hydrogen (secondary N) is 3. The van der Waals surface area contributed by atoms with Gasteiger partial charge in [0.2, 0.25) is 12.1 Å². The molecule has 2 amide bonds. The molecule has 0 aliphatic rings. The zero-order valence-corrected chi connectivity index (χ0v) is 29.9. The summed E-state index contributed by atoms with van der Waals surface area (Å²) < 4.78 is 30.9. The van der Waals surface area contributed by atoms with Crippen LogP contribution in [0.5, 0.6) is 0 Å². The Balaban J connectivity index is 1.44. The fourth-order valence-corrected chi connectivity index (χ4v) is 6.18. The summed E-state index contributed by atoms with van der Waals surface area (Å²) in [6.45, 7) is 3.09. The Morgan fingerprint density at radius 1 is 0.769 bits per heavy atom. The lowest BCUT2D eigenvalue weighted by atomic mass is 10.0. The molecule has 2 unspecified atom stereocenters. The number of carbonyl (C=O) groups is 4. The van der Waals surface area contributed by atoms with E-state index in [-0.39, 0.29) is 32.0 Å². The Kier molecular flexibility index (Phi) is 14.3. The zero-order chi connectivity index (χ0) is 37.7. The largest absolute Gasteiger partial charge is 0.480 e. The first-order chi connectivity index (χ1) is 24.8. The average Bonchev–Trinajstić information content (AvgIpc) is 3.55. The number of alkyl carbamates (subject to hydrolysis) is 1. The summed E-state index contributed by atoms with van der Waals surface area (Å²) in [5, 5.41) is 16.7. The van der Waals surface area contributed by atoms with Crippen LogP contribution in [0.2, 0.25) is 0 Å². The number of aromatic nitrogens is 1. The number of nitrogens with zero attached hydrogens (tertiary/aromatic N) is 1. The minimum atomic E-state index is -5.10. The van der Waals surface area contributed by atoms with Crippen molar-refractivity contribution in [3.05, 3.63) is 120 Å². The van der Waals surface area contributed by atoms with Crippen molar-refractivity contribution in [2.45, 2.75) is 58.2 Å². The Hall–Kier alpha value is -5.27. The third kappa shape index (κ3) is 12.8. The van der Waals surface area contributed by atoms with Crippen LogP contribution in [0.1, 0.15) is 37.0 Å². The number of aliphatic carboxylic acids is 1. The molecule has 0 bridgehead atoms. The van der Waals surface area contributed by atoms with E-state index in [9.17, 15) is 33.7 Å². The zero-order valence-electron chi connectivity index (χ0n) is 29.0. The summed E-state index contributed by atoms with van der Waals surface area (Å²) in [6, 6.07) is 23.6. The molecule has 0 radical (unpaired) electrons. The van der Waals surface area contributed by atoms with E-state index in [1.165, 1.54) is 0 Å². The van der Waals surface area contributed by atoms with E-state index in [1.54, 1.807) is 86.6 Å². The molecule has 1 heterocycles. The van der Waals surface area contributed by atoms with Gasteiger partial charge < -0.3 is 29.4 Å². The Morgan fingerprint density at radius 3 is 1.90 bits per heavy atom. The Labute approximate surface area is 301 Å². The van der Waals surface area contributed by atoms with Gasteiger partial charge in [-0.1, -0.05) is 98.8 Å². The molecule has 0 spiro atoms. The molecular formula is C37H43N4O10P. The summed E-state index contributed by atoms with van der Waals surface area (Å²) in [5.74, 6) is -3.63. The monoisotopic (exact) mass is 734 g/mol. The van der Waals surface area contributed by atoms with Gasteiger partial charge in [0, 0.05) is 25.9 Å². The van der Waals surface area contributed by atoms with Crippen LogP contribution in [-0.2, 0) is 59.6 Å². The number of esters is 1. The van der Waals surface area contributed by atoms with E-state index in [4.69, 9.17) is 14.0 Å². The Bertz CT molecular complexity index is 1830. The summed E-state index contributed by atoms with van der Waals surface area (Å²) in [6.07, 6.45) is 0.485. The van der Waals surface area contributed by atoms with E-state index >= 15 is 0 Å². The molecule has 4 rings (SSSR count). The fraction of sp³-hybridized carbons (Fsp3) is 0.297. The molecule has 15 heteroatoms. The van der Waals surface area contributed by atoms with Crippen LogP contribution in [0.25, 0.3) is 11.1 Å². The van der Waals surface area contributed by atoms with E-state index in [0.29, 0.717) is 16.7 Å². The number of hydrogen-bond donors (Lipinski definition) is 5. The number of aryl methyl sites for hydroxylation is 1. The molecule has 0 saturated carbocycles. The number of ether oxygens (including phenoxy) is 2. The SMILES string of the molecule is CC(C)C[C@H](NP(=O)(O)OC(NC(=O)OCc1ccccc1)C(=O)OCc1ccccc1)C(=O)N[C@@H](Cc1ccc(-c2ccn(C)c2)cc1)C(=O)O. The van der Waals surface area contributed by atoms with Crippen molar-refractivity contribution >= 4 is 31.7 Å². The number of hydrogen-bond acceptors (Lipinski definition) is 8. The van der Waals surface area contributed by atoms with Crippen LogP contribution >= 0.6 is 7.75 Å². The van der Waals surface area contributed by atoms with Crippen molar-refractivity contribution in [1.29, 1.82) is 0 Å². The maximum absolute atomic E-state index is 13.5. The summed E-state index contributed by atoms with van der Waals surface area (Å²) in [4.78, 5) is 62.3. The maximum Gasteiger partial charge on any atom is 0.409 e. The van der Waals surface area contributed by atoms with Crippen LogP contribution in [0.3, 0.4) is 0 Å². The number of carbonyl (C=O) groups excluding carboxylic acids is 3. The number of carboxylic acid groups (broad SMARTS) is 1. The molecule has 3 aromatic carbocycles. The van der Waals surface area contributed by atoms with Gasteiger partial charge in [-0.3, -0.25) is 14.6 Å². The van der Waals surface area contributed by atoms with Gasteiger partial charge in [0.15, 0.2) is 0 Å². The minimum absolute atomic E-state index is 0.0203.